The van der Waals surface area contributed by atoms with Gasteiger partial charge in [-0.25, -0.2) is 0 Å². The minimum Gasteiger partial charge on any atom is -0.396 e. The highest BCUT2D eigenvalue weighted by Gasteiger charge is 2.62. The van der Waals surface area contributed by atoms with Gasteiger partial charge in [0.15, 0.2) is 0 Å². The quantitative estimate of drug-likeness (QED) is 0.511. The van der Waals surface area contributed by atoms with E-state index in [0.717, 1.165) is 5.56 Å². The first-order valence-electron chi connectivity index (χ1n) is 12.0. The number of fused-ring (bicyclic) bond motifs is 2. The van der Waals surface area contributed by atoms with Crippen LogP contribution in [0.15, 0.2) is 43.0 Å². The Kier molecular flexibility index (Phi) is 7.60. The van der Waals surface area contributed by atoms with Crippen molar-refractivity contribution in [1.29, 1.82) is 0 Å². The SMILES string of the molecule is C=CC[C@H]1O[C@@H]2[C@@H](C[C@]1(C)O)O[C@H]1C[C@@H](O)[C@H](CCCO)O[C@]1(C)[C@H]2OCc1ccccc1. The van der Waals surface area contributed by atoms with Gasteiger partial charge in [-0.15, -0.1) is 6.58 Å². The molecule has 0 bridgehead atoms. The van der Waals surface area contributed by atoms with Crippen LogP contribution in [-0.4, -0.2) is 75.9 Å². The lowest BCUT2D eigenvalue weighted by Crippen LogP contribution is -2.73. The molecular weight excluding hydrogens is 424 g/mol. The highest BCUT2D eigenvalue weighted by atomic mass is 16.6. The van der Waals surface area contributed by atoms with Crippen LogP contribution in [0.2, 0.25) is 0 Å². The number of aliphatic hydroxyl groups excluding tert-OH is 2. The van der Waals surface area contributed by atoms with Gasteiger partial charge in [0, 0.05) is 19.4 Å². The summed E-state index contributed by atoms with van der Waals surface area (Å²) < 4.78 is 25.9. The fraction of sp³-hybridized carbons (Fsp3) is 0.692. The lowest BCUT2D eigenvalue weighted by atomic mass is 9.74. The smallest absolute Gasteiger partial charge is 0.121 e. The van der Waals surface area contributed by atoms with Crippen molar-refractivity contribution in [1.82, 2.24) is 0 Å². The summed E-state index contributed by atoms with van der Waals surface area (Å²) >= 11 is 0. The number of rotatable bonds is 8. The minimum absolute atomic E-state index is 0.0449. The topological polar surface area (TPSA) is 97.6 Å². The summed E-state index contributed by atoms with van der Waals surface area (Å²) in [7, 11) is 0. The largest absolute Gasteiger partial charge is 0.396 e. The third-order valence-electron chi connectivity index (χ3n) is 7.43. The molecule has 1 aromatic carbocycles. The van der Waals surface area contributed by atoms with E-state index in [1.807, 2.05) is 37.3 Å². The maximum absolute atomic E-state index is 11.1. The van der Waals surface area contributed by atoms with E-state index in [1.54, 1.807) is 13.0 Å². The molecule has 3 saturated heterocycles. The van der Waals surface area contributed by atoms with Crippen molar-refractivity contribution in [3.8, 4) is 0 Å². The Morgan fingerprint density at radius 2 is 1.97 bits per heavy atom. The van der Waals surface area contributed by atoms with Gasteiger partial charge < -0.3 is 34.3 Å². The van der Waals surface area contributed by atoms with E-state index in [9.17, 15) is 15.3 Å². The summed E-state index contributed by atoms with van der Waals surface area (Å²) in [4.78, 5) is 0. The van der Waals surface area contributed by atoms with Gasteiger partial charge in [-0.3, -0.25) is 0 Å². The molecule has 33 heavy (non-hydrogen) atoms. The van der Waals surface area contributed by atoms with Gasteiger partial charge in [-0.05, 0) is 38.7 Å². The van der Waals surface area contributed by atoms with Crippen molar-refractivity contribution in [2.24, 2.45) is 0 Å². The number of benzene rings is 1. The Balaban J connectivity index is 1.63. The van der Waals surface area contributed by atoms with E-state index >= 15 is 0 Å². The van der Waals surface area contributed by atoms with E-state index < -0.39 is 47.8 Å². The zero-order valence-corrected chi connectivity index (χ0v) is 19.6. The Morgan fingerprint density at radius 3 is 2.67 bits per heavy atom. The highest BCUT2D eigenvalue weighted by molar-refractivity contribution is 5.15. The van der Waals surface area contributed by atoms with Gasteiger partial charge >= 0.3 is 0 Å². The molecular formula is C26H38O7. The summed E-state index contributed by atoms with van der Waals surface area (Å²) in [6, 6.07) is 9.94. The molecule has 3 N–H and O–H groups in total. The fourth-order valence-corrected chi connectivity index (χ4v) is 5.56. The Hall–Kier alpha value is -1.32. The number of ether oxygens (including phenoxy) is 4. The average molecular weight is 463 g/mol. The summed E-state index contributed by atoms with van der Waals surface area (Å²) in [6.45, 7) is 7.99. The van der Waals surface area contributed by atoms with Gasteiger partial charge in [0.25, 0.3) is 0 Å². The van der Waals surface area contributed by atoms with Crippen LogP contribution in [0.1, 0.15) is 51.5 Å². The molecule has 7 nitrogen and oxygen atoms in total. The highest BCUT2D eigenvalue weighted by Crippen LogP contribution is 2.47. The van der Waals surface area contributed by atoms with E-state index in [-0.39, 0.29) is 12.7 Å². The van der Waals surface area contributed by atoms with Crippen molar-refractivity contribution in [3.63, 3.8) is 0 Å². The Morgan fingerprint density at radius 1 is 1.21 bits per heavy atom. The van der Waals surface area contributed by atoms with Crippen LogP contribution in [0.4, 0.5) is 0 Å². The third-order valence-corrected chi connectivity index (χ3v) is 7.43. The molecule has 0 saturated carbocycles. The Labute approximate surface area is 196 Å². The second-order valence-corrected chi connectivity index (χ2v) is 10.1. The predicted molar refractivity (Wildman–Crippen MR) is 123 cm³/mol. The van der Waals surface area contributed by atoms with Crippen LogP contribution >= 0.6 is 0 Å². The van der Waals surface area contributed by atoms with E-state index in [4.69, 9.17) is 18.9 Å². The van der Waals surface area contributed by atoms with Gasteiger partial charge in [-0.1, -0.05) is 36.4 Å². The summed E-state index contributed by atoms with van der Waals surface area (Å²) in [5.41, 5.74) is -0.874. The predicted octanol–water partition coefficient (Wildman–Crippen LogP) is 2.50. The average Bonchev–Trinajstić information content (AvgIpc) is 2.78. The normalized spacial score (nSPS) is 42.9. The first-order chi connectivity index (χ1) is 15.8. The van der Waals surface area contributed by atoms with E-state index in [2.05, 4.69) is 6.58 Å². The van der Waals surface area contributed by atoms with Crippen LogP contribution in [0.5, 0.6) is 0 Å². The van der Waals surface area contributed by atoms with Crippen molar-refractivity contribution >= 4 is 0 Å². The Bertz CT molecular complexity index is 784. The number of hydrogen-bond acceptors (Lipinski definition) is 7. The summed E-state index contributed by atoms with van der Waals surface area (Å²) in [5, 5.41) is 31.1. The third kappa shape index (κ3) is 5.05. The fourth-order valence-electron chi connectivity index (χ4n) is 5.56. The van der Waals surface area contributed by atoms with Crippen LogP contribution in [-0.2, 0) is 25.6 Å². The standard InChI is InChI=1S/C26H38O7/c1-4-9-21-25(2,29)15-20-23(32-21)24(30-16-17-10-6-5-7-11-17)26(3)22(31-20)14-18(28)19(33-26)12-8-13-27/h4-7,10-11,18-24,27-29H,1,8-9,12-16H2,2-3H3/t18-,19+,20-,21-,22+,23-,24+,25+,26+/m1/s1. The molecule has 0 unspecified atom stereocenters. The number of aliphatic hydroxyl groups is 3. The molecule has 1 aromatic rings. The monoisotopic (exact) mass is 462 g/mol. The number of hydrogen-bond donors (Lipinski definition) is 3. The molecule has 0 aliphatic carbocycles. The zero-order valence-electron chi connectivity index (χ0n) is 19.6. The lowest BCUT2D eigenvalue weighted by Gasteiger charge is -2.59. The van der Waals surface area contributed by atoms with Crippen molar-refractivity contribution in [2.75, 3.05) is 6.61 Å². The summed E-state index contributed by atoms with van der Waals surface area (Å²) in [6.07, 6.45) is 0.935. The molecule has 184 valence electrons. The van der Waals surface area contributed by atoms with Gasteiger partial charge in [0.2, 0.25) is 0 Å². The maximum Gasteiger partial charge on any atom is 0.121 e. The van der Waals surface area contributed by atoms with E-state index in [1.165, 1.54) is 0 Å². The van der Waals surface area contributed by atoms with Crippen LogP contribution < -0.4 is 0 Å². The van der Waals surface area contributed by atoms with Crippen LogP contribution in [0, 0.1) is 0 Å². The van der Waals surface area contributed by atoms with Crippen LogP contribution in [0.3, 0.4) is 0 Å². The zero-order chi connectivity index (χ0) is 23.6. The van der Waals surface area contributed by atoms with Crippen molar-refractivity contribution in [3.05, 3.63) is 48.6 Å². The molecule has 3 heterocycles. The molecule has 3 fully saturated rings. The van der Waals surface area contributed by atoms with Crippen LogP contribution in [0.25, 0.3) is 0 Å². The van der Waals surface area contributed by atoms with Gasteiger partial charge in [-0.2, -0.15) is 0 Å². The molecule has 9 atom stereocenters. The van der Waals surface area contributed by atoms with E-state index in [0.29, 0.717) is 38.7 Å². The molecule has 7 heteroatoms. The summed E-state index contributed by atoms with van der Waals surface area (Å²) in [5.74, 6) is 0. The molecule has 0 aromatic heterocycles. The maximum atomic E-state index is 11.1. The second-order valence-electron chi connectivity index (χ2n) is 10.1. The second kappa shape index (κ2) is 10.1. The van der Waals surface area contributed by atoms with Crippen molar-refractivity contribution < 1.29 is 34.3 Å². The molecule has 3 aliphatic heterocycles. The van der Waals surface area contributed by atoms with Gasteiger partial charge in [0.1, 0.15) is 17.8 Å². The first-order valence-corrected chi connectivity index (χ1v) is 12.0. The van der Waals surface area contributed by atoms with Gasteiger partial charge in [0.05, 0.1) is 42.7 Å². The molecule has 0 spiro atoms. The molecule has 0 amide bonds. The molecule has 4 rings (SSSR count). The molecule has 3 aliphatic rings. The minimum atomic E-state index is -1.06. The lowest BCUT2D eigenvalue weighted by molar-refractivity contribution is -0.363. The van der Waals surface area contributed by atoms with Crippen molar-refractivity contribution in [2.45, 2.75) is 106 Å². The molecule has 0 radical (unpaired) electrons. The first kappa shape index (κ1) is 24.8.